The zero-order valence-corrected chi connectivity index (χ0v) is 8.65. The highest BCUT2D eigenvalue weighted by atomic mass is 79.9. The van der Waals surface area contributed by atoms with Gasteiger partial charge in [0.1, 0.15) is 0 Å². The molecule has 0 amide bonds. The third-order valence-corrected chi connectivity index (χ3v) is 2.34. The summed E-state index contributed by atoms with van der Waals surface area (Å²) in [7, 11) is 1.76. The summed E-state index contributed by atoms with van der Waals surface area (Å²) in [6.07, 6.45) is 1.25. The van der Waals surface area contributed by atoms with E-state index in [0.29, 0.717) is 5.92 Å². The first-order chi connectivity index (χ1) is 4.70. The smallest absolute Gasteiger partial charge is 0.0498 e. The Labute approximate surface area is 72.3 Å². The Balaban J connectivity index is 3.39. The normalized spacial score (nSPS) is 14.1. The molecule has 2 heteroatoms. The van der Waals surface area contributed by atoms with E-state index in [4.69, 9.17) is 4.74 Å². The Hall–Kier alpha value is 0.440. The summed E-state index contributed by atoms with van der Waals surface area (Å²) in [6, 6.07) is 0. The molecule has 0 radical (unpaired) electrons. The van der Waals surface area contributed by atoms with Crippen LogP contribution in [-0.2, 0) is 4.74 Å². The second kappa shape index (κ2) is 6.17. The van der Waals surface area contributed by atoms with Crippen LogP contribution in [0, 0.1) is 11.8 Å². The van der Waals surface area contributed by atoms with E-state index >= 15 is 0 Å². The maximum Gasteiger partial charge on any atom is 0.0498 e. The Morgan fingerprint density at radius 2 is 2.00 bits per heavy atom. The largest absolute Gasteiger partial charge is 0.384 e. The van der Waals surface area contributed by atoms with Gasteiger partial charge in [-0.25, -0.2) is 0 Å². The van der Waals surface area contributed by atoms with Crippen LogP contribution < -0.4 is 0 Å². The topological polar surface area (TPSA) is 9.23 Å². The number of hydrogen-bond donors (Lipinski definition) is 0. The van der Waals surface area contributed by atoms with Gasteiger partial charge in [-0.3, -0.25) is 0 Å². The molecule has 0 aromatic carbocycles. The van der Waals surface area contributed by atoms with Gasteiger partial charge in [0.2, 0.25) is 0 Å². The molecule has 10 heavy (non-hydrogen) atoms. The molecule has 0 heterocycles. The Kier molecular flexibility index (Phi) is 6.44. The Bertz CT molecular complexity index is 73.7. The van der Waals surface area contributed by atoms with Gasteiger partial charge in [-0.05, 0) is 18.3 Å². The molecule has 0 rings (SSSR count). The van der Waals surface area contributed by atoms with Crippen molar-refractivity contribution >= 4 is 15.9 Å². The summed E-state index contributed by atoms with van der Waals surface area (Å²) >= 11 is 3.47. The molecule has 0 aliphatic rings. The minimum absolute atomic E-state index is 0.685. The van der Waals surface area contributed by atoms with Gasteiger partial charge in [-0.1, -0.05) is 29.8 Å². The van der Waals surface area contributed by atoms with Crippen LogP contribution in [0.5, 0.6) is 0 Å². The summed E-state index contributed by atoms with van der Waals surface area (Å²) in [4.78, 5) is 0. The number of rotatable bonds is 5. The quantitative estimate of drug-likeness (QED) is 0.632. The summed E-state index contributed by atoms with van der Waals surface area (Å²) in [5.74, 6) is 1.46. The lowest BCUT2D eigenvalue weighted by Crippen LogP contribution is -2.12. The van der Waals surface area contributed by atoms with E-state index in [9.17, 15) is 0 Å². The summed E-state index contributed by atoms with van der Waals surface area (Å²) in [5.41, 5.74) is 0. The Morgan fingerprint density at radius 3 is 2.30 bits per heavy atom. The minimum Gasteiger partial charge on any atom is -0.384 e. The maximum atomic E-state index is 5.07. The highest BCUT2D eigenvalue weighted by Gasteiger charge is 2.07. The molecular weight excluding hydrogens is 192 g/mol. The molecule has 1 unspecified atom stereocenters. The van der Waals surface area contributed by atoms with Gasteiger partial charge in [0.15, 0.2) is 0 Å². The number of hydrogen-bond acceptors (Lipinski definition) is 1. The standard InChI is InChI=1S/C8H17BrO/c1-7(2)4-8(5-9)6-10-3/h7-8H,4-6H2,1-3H3. The number of halogens is 1. The van der Waals surface area contributed by atoms with E-state index in [2.05, 4.69) is 29.8 Å². The Morgan fingerprint density at radius 1 is 1.40 bits per heavy atom. The lowest BCUT2D eigenvalue weighted by Gasteiger charge is -2.14. The predicted molar refractivity (Wildman–Crippen MR) is 48.6 cm³/mol. The highest BCUT2D eigenvalue weighted by Crippen LogP contribution is 2.13. The minimum atomic E-state index is 0.685. The molecule has 0 aromatic rings. The molecule has 1 nitrogen and oxygen atoms in total. The first-order valence-corrected chi connectivity index (χ1v) is 4.87. The third-order valence-electron chi connectivity index (χ3n) is 1.43. The molecule has 0 bridgehead atoms. The van der Waals surface area contributed by atoms with Gasteiger partial charge < -0.3 is 4.74 Å². The monoisotopic (exact) mass is 208 g/mol. The predicted octanol–water partition coefficient (Wildman–Crippen LogP) is 2.69. The highest BCUT2D eigenvalue weighted by molar-refractivity contribution is 9.09. The number of ether oxygens (including phenoxy) is 1. The SMILES string of the molecule is COCC(CBr)CC(C)C. The fraction of sp³-hybridized carbons (Fsp3) is 1.00. The van der Waals surface area contributed by atoms with Crippen molar-refractivity contribution in [3.05, 3.63) is 0 Å². The zero-order valence-electron chi connectivity index (χ0n) is 7.06. The van der Waals surface area contributed by atoms with E-state index in [1.54, 1.807) is 7.11 Å². The van der Waals surface area contributed by atoms with Crippen molar-refractivity contribution < 1.29 is 4.74 Å². The van der Waals surface area contributed by atoms with Gasteiger partial charge in [-0.15, -0.1) is 0 Å². The maximum absolute atomic E-state index is 5.07. The lowest BCUT2D eigenvalue weighted by atomic mass is 10.00. The van der Waals surface area contributed by atoms with Crippen molar-refractivity contribution in [1.29, 1.82) is 0 Å². The molecule has 0 aromatic heterocycles. The van der Waals surface area contributed by atoms with Gasteiger partial charge in [0.25, 0.3) is 0 Å². The second-order valence-corrected chi connectivity index (χ2v) is 3.75. The van der Waals surface area contributed by atoms with Crippen LogP contribution in [0.25, 0.3) is 0 Å². The van der Waals surface area contributed by atoms with Crippen LogP contribution in [0.3, 0.4) is 0 Å². The van der Waals surface area contributed by atoms with E-state index in [0.717, 1.165) is 17.9 Å². The molecular formula is C8H17BrO. The van der Waals surface area contributed by atoms with Crippen molar-refractivity contribution in [3.8, 4) is 0 Å². The number of alkyl halides is 1. The number of methoxy groups -OCH3 is 1. The van der Waals surface area contributed by atoms with Crippen molar-refractivity contribution in [2.45, 2.75) is 20.3 Å². The average molecular weight is 209 g/mol. The molecule has 0 aliphatic carbocycles. The lowest BCUT2D eigenvalue weighted by molar-refractivity contribution is 0.151. The molecule has 0 fully saturated rings. The van der Waals surface area contributed by atoms with Crippen LogP contribution in [0.4, 0.5) is 0 Å². The third kappa shape index (κ3) is 5.24. The summed E-state index contributed by atoms with van der Waals surface area (Å²) in [6.45, 7) is 5.36. The van der Waals surface area contributed by atoms with Crippen LogP contribution in [-0.4, -0.2) is 19.0 Å². The van der Waals surface area contributed by atoms with Crippen LogP contribution in [0.15, 0.2) is 0 Å². The van der Waals surface area contributed by atoms with E-state index < -0.39 is 0 Å². The molecule has 0 saturated carbocycles. The van der Waals surface area contributed by atoms with Gasteiger partial charge >= 0.3 is 0 Å². The molecule has 0 spiro atoms. The van der Waals surface area contributed by atoms with Gasteiger partial charge in [0.05, 0.1) is 0 Å². The van der Waals surface area contributed by atoms with E-state index in [-0.39, 0.29) is 0 Å². The van der Waals surface area contributed by atoms with Crippen LogP contribution in [0.2, 0.25) is 0 Å². The van der Waals surface area contributed by atoms with Crippen molar-refractivity contribution in [2.75, 3.05) is 19.0 Å². The van der Waals surface area contributed by atoms with Gasteiger partial charge in [0, 0.05) is 19.0 Å². The summed E-state index contributed by atoms with van der Waals surface area (Å²) in [5, 5.41) is 1.05. The van der Waals surface area contributed by atoms with Crippen molar-refractivity contribution in [1.82, 2.24) is 0 Å². The van der Waals surface area contributed by atoms with Gasteiger partial charge in [-0.2, -0.15) is 0 Å². The van der Waals surface area contributed by atoms with E-state index in [1.165, 1.54) is 6.42 Å². The molecule has 62 valence electrons. The van der Waals surface area contributed by atoms with Crippen LogP contribution >= 0.6 is 15.9 Å². The summed E-state index contributed by atoms with van der Waals surface area (Å²) < 4.78 is 5.07. The zero-order chi connectivity index (χ0) is 7.98. The second-order valence-electron chi connectivity index (χ2n) is 3.11. The molecule has 1 atom stereocenters. The molecule has 0 N–H and O–H groups in total. The molecule has 0 saturated heterocycles. The van der Waals surface area contributed by atoms with Crippen molar-refractivity contribution in [3.63, 3.8) is 0 Å². The van der Waals surface area contributed by atoms with Crippen LogP contribution in [0.1, 0.15) is 20.3 Å². The van der Waals surface area contributed by atoms with E-state index in [1.807, 2.05) is 0 Å². The average Bonchev–Trinajstić information content (AvgIpc) is 1.86. The first kappa shape index (κ1) is 10.4. The van der Waals surface area contributed by atoms with Crippen molar-refractivity contribution in [2.24, 2.45) is 11.8 Å². The first-order valence-electron chi connectivity index (χ1n) is 3.75. The molecule has 0 aliphatic heterocycles. The fourth-order valence-electron chi connectivity index (χ4n) is 1.08. The fourth-order valence-corrected chi connectivity index (χ4v) is 1.53.